The minimum Gasteiger partial charge on any atom is -0.480 e. The van der Waals surface area contributed by atoms with Crippen LogP contribution in [0.2, 0.25) is 0 Å². The lowest BCUT2D eigenvalue weighted by Crippen LogP contribution is -2.44. The fraction of sp³-hybridized carbons (Fsp3) is 0.455. The highest BCUT2D eigenvalue weighted by molar-refractivity contribution is 8.00. The molecule has 3 fully saturated rings. The summed E-state index contributed by atoms with van der Waals surface area (Å²) in [7, 11) is 0. The zero-order valence-electron chi connectivity index (χ0n) is 16.6. The molecule has 6 rings (SSSR count). The van der Waals surface area contributed by atoms with Gasteiger partial charge in [0.1, 0.15) is 6.04 Å². The number of carboxylic acids is 1. The number of imide groups is 1. The Balaban J connectivity index is 1.46. The summed E-state index contributed by atoms with van der Waals surface area (Å²) in [5, 5.41) is 10.4. The van der Waals surface area contributed by atoms with Crippen LogP contribution in [0.15, 0.2) is 40.2 Å². The minimum absolute atomic E-state index is 0.00352. The molecule has 2 aromatic rings. The minimum atomic E-state index is -1.16. The number of nitrogens with one attached hydrogen (secondary N) is 1. The maximum Gasteiger partial charge on any atom is 0.326 e. The predicted octanol–water partition coefficient (Wildman–Crippen LogP) is 2.38. The zero-order valence-corrected chi connectivity index (χ0v) is 18.2. The van der Waals surface area contributed by atoms with Crippen molar-refractivity contribution in [1.29, 1.82) is 0 Å². The number of nitrogens with zero attached hydrogens (tertiary/aromatic N) is 1. The van der Waals surface area contributed by atoms with Crippen molar-refractivity contribution in [3.63, 3.8) is 0 Å². The number of thioether (sulfide) groups is 1. The molecule has 9 heteroatoms. The number of H-pyrrole nitrogens is 1. The quantitative estimate of drug-likeness (QED) is 0.687. The maximum atomic E-state index is 13.3. The van der Waals surface area contributed by atoms with Crippen LogP contribution in [0, 0.1) is 29.6 Å². The van der Waals surface area contributed by atoms with Crippen LogP contribution in [0.3, 0.4) is 0 Å². The molecule has 7 nitrogen and oxygen atoms in total. The molecule has 1 saturated heterocycles. The highest BCUT2D eigenvalue weighted by Gasteiger charge is 2.70. The fourth-order valence-electron chi connectivity index (χ4n) is 6.57. The number of rotatable bonds is 3. The molecule has 2 saturated carbocycles. The molecular weight excluding hydrogens is 436 g/mol. The molecule has 160 valence electrons. The first-order valence-corrected chi connectivity index (χ1v) is 12.1. The van der Waals surface area contributed by atoms with Crippen molar-refractivity contribution in [3.8, 4) is 0 Å². The third kappa shape index (κ3) is 2.47. The van der Waals surface area contributed by atoms with Gasteiger partial charge in [0.25, 0.3) is 0 Å². The molecule has 2 amide bonds. The Bertz CT molecular complexity index is 1170. The van der Waals surface area contributed by atoms with Crippen LogP contribution in [-0.2, 0) is 14.4 Å². The molecule has 0 spiro atoms. The van der Waals surface area contributed by atoms with Gasteiger partial charge >= 0.3 is 10.8 Å². The average Bonchev–Trinajstić information content (AvgIpc) is 3.47. The molecule has 2 aliphatic carbocycles. The molecular formula is C22H20N2O5S2. The number of likely N-dealkylation sites (tertiary alicyclic amines) is 1. The van der Waals surface area contributed by atoms with Crippen LogP contribution >= 0.6 is 23.1 Å². The number of benzene rings is 1. The number of thiazole rings is 1. The van der Waals surface area contributed by atoms with Crippen LogP contribution in [0.1, 0.15) is 29.7 Å². The molecule has 4 aliphatic rings. The van der Waals surface area contributed by atoms with E-state index in [-0.39, 0.29) is 45.6 Å². The van der Waals surface area contributed by atoms with Crippen molar-refractivity contribution in [3.05, 3.63) is 50.4 Å². The second-order valence-corrected chi connectivity index (χ2v) is 11.1. The standard InChI is InChI=1S/C22H20N2O5S2/c1-8(21(27)28)24-19(25)14-10-7-11(15(14)20(24)26)16-13(10)12(9-5-3-2-4-6-9)17-18(30-16)23-22(29)31-17/h2-6,8,10-16H,7H2,1H3,(H,23,29)(H,27,28)/t8-,10+,11+,12+,13-,14+,15-,16+/m0/s1. The van der Waals surface area contributed by atoms with E-state index in [1.165, 1.54) is 18.3 Å². The van der Waals surface area contributed by atoms with Gasteiger partial charge < -0.3 is 10.1 Å². The van der Waals surface area contributed by atoms with Gasteiger partial charge in [0.15, 0.2) is 0 Å². The molecule has 3 heterocycles. The third-order valence-corrected chi connectivity index (χ3v) is 10.2. The Morgan fingerprint density at radius 2 is 1.81 bits per heavy atom. The first-order chi connectivity index (χ1) is 14.9. The number of carboxylic acid groups (broad SMARTS) is 1. The highest BCUT2D eigenvalue weighted by Crippen LogP contribution is 2.68. The second-order valence-electron chi connectivity index (χ2n) is 8.93. The van der Waals surface area contributed by atoms with E-state index in [2.05, 4.69) is 17.1 Å². The summed E-state index contributed by atoms with van der Waals surface area (Å²) in [5.41, 5.74) is 1.12. The topological polar surface area (TPSA) is 108 Å². The van der Waals surface area contributed by atoms with Crippen molar-refractivity contribution >= 4 is 40.9 Å². The van der Waals surface area contributed by atoms with Crippen LogP contribution in [0.25, 0.3) is 0 Å². The van der Waals surface area contributed by atoms with Crippen LogP contribution in [0.5, 0.6) is 0 Å². The molecule has 31 heavy (non-hydrogen) atoms. The van der Waals surface area contributed by atoms with Crippen molar-refractivity contribution in [1.82, 2.24) is 9.88 Å². The van der Waals surface area contributed by atoms with Gasteiger partial charge in [-0.25, -0.2) is 4.79 Å². The third-order valence-electron chi connectivity index (χ3n) is 7.66. The average molecular weight is 457 g/mol. The van der Waals surface area contributed by atoms with E-state index in [0.29, 0.717) is 0 Å². The first kappa shape index (κ1) is 19.3. The Morgan fingerprint density at radius 1 is 1.13 bits per heavy atom. The Kier molecular flexibility index (Phi) is 4.08. The van der Waals surface area contributed by atoms with E-state index in [1.807, 2.05) is 18.2 Å². The summed E-state index contributed by atoms with van der Waals surface area (Å²) >= 11 is 2.87. The molecule has 0 unspecified atom stereocenters. The number of aliphatic carboxylic acids is 1. The maximum absolute atomic E-state index is 13.3. The summed E-state index contributed by atoms with van der Waals surface area (Å²) in [5.74, 6) is -2.59. The summed E-state index contributed by atoms with van der Waals surface area (Å²) in [6, 6.07) is 8.91. The highest BCUT2D eigenvalue weighted by atomic mass is 32.2. The number of carbonyl (C=O) groups is 3. The largest absolute Gasteiger partial charge is 0.480 e. The zero-order chi connectivity index (χ0) is 21.6. The number of carbonyl (C=O) groups excluding carboxylic acids is 2. The molecule has 0 radical (unpaired) electrons. The van der Waals surface area contributed by atoms with E-state index in [9.17, 15) is 24.3 Å². The van der Waals surface area contributed by atoms with Gasteiger partial charge in [-0.2, -0.15) is 0 Å². The van der Waals surface area contributed by atoms with E-state index >= 15 is 0 Å². The van der Waals surface area contributed by atoms with Crippen LogP contribution in [0.4, 0.5) is 0 Å². The number of aromatic nitrogens is 1. The van der Waals surface area contributed by atoms with Crippen molar-refractivity contribution in [2.24, 2.45) is 29.6 Å². The summed E-state index contributed by atoms with van der Waals surface area (Å²) in [6.07, 6.45) is 0.799. The van der Waals surface area contributed by atoms with Gasteiger partial charge in [-0.3, -0.25) is 19.3 Å². The molecule has 2 N–H and O–H groups in total. The smallest absolute Gasteiger partial charge is 0.326 e. The molecule has 1 aromatic heterocycles. The van der Waals surface area contributed by atoms with E-state index < -0.39 is 23.8 Å². The fourth-order valence-corrected chi connectivity index (χ4v) is 9.45. The number of hydrogen-bond acceptors (Lipinski definition) is 6. The number of hydrogen-bond donors (Lipinski definition) is 2. The van der Waals surface area contributed by atoms with Crippen LogP contribution < -0.4 is 4.87 Å². The summed E-state index contributed by atoms with van der Waals surface area (Å²) in [6.45, 7) is 1.40. The monoisotopic (exact) mass is 456 g/mol. The predicted molar refractivity (Wildman–Crippen MR) is 114 cm³/mol. The SMILES string of the molecule is C[C@@H](C(=O)O)N1C(=O)[C@@H]2[C@@H]3C[C@@H]([C@H]4Sc5[nH]c(=O)sc5[C@H](c5ccccc5)[C@H]34)[C@@H]2C1=O. The normalized spacial score (nSPS) is 36.3. The lowest BCUT2D eigenvalue weighted by molar-refractivity contribution is -0.154. The van der Waals surface area contributed by atoms with Gasteiger partial charge in [-0.1, -0.05) is 41.7 Å². The van der Waals surface area contributed by atoms with Crippen LogP contribution in [-0.4, -0.2) is 44.1 Å². The van der Waals surface area contributed by atoms with Gasteiger partial charge in [0, 0.05) is 16.0 Å². The van der Waals surface area contributed by atoms with Crippen molar-refractivity contribution in [2.45, 2.75) is 35.6 Å². The number of fused-ring (bicyclic) bond motifs is 9. The Hall–Kier alpha value is -2.39. The van der Waals surface area contributed by atoms with Gasteiger partial charge in [0.05, 0.1) is 16.9 Å². The number of amides is 2. The summed E-state index contributed by atoms with van der Waals surface area (Å²) in [4.78, 5) is 55.1. The van der Waals surface area contributed by atoms with Crippen molar-refractivity contribution < 1.29 is 19.5 Å². The molecule has 2 aliphatic heterocycles. The van der Waals surface area contributed by atoms with E-state index in [1.54, 1.807) is 11.8 Å². The Morgan fingerprint density at radius 3 is 2.48 bits per heavy atom. The lowest BCUT2D eigenvalue weighted by Gasteiger charge is -2.43. The van der Waals surface area contributed by atoms with Gasteiger partial charge in [-0.15, -0.1) is 11.8 Å². The van der Waals surface area contributed by atoms with Gasteiger partial charge in [-0.05, 0) is 36.7 Å². The number of aromatic amines is 1. The Labute approximate surface area is 185 Å². The lowest BCUT2D eigenvalue weighted by atomic mass is 9.68. The first-order valence-electron chi connectivity index (χ1n) is 10.4. The van der Waals surface area contributed by atoms with Crippen molar-refractivity contribution in [2.75, 3.05) is 0 Å². The van der Waals surface area contributed by atoms with E-state index in [0.717, 1.165) is 26.8 Å². The van der Waals surface area contributed by atoms with Gasteiger partial charge in [0.2, 0.25) is 11.8 Å². The summed E-state index contributed by atoms with van der Waals surface area (Å²) < 4.78 is 0. The molecule has 8 atom stereocenters. The molecule has 2 bridgehead atoms. The molecule has 1 aromatic carbocycles. The second kappa shape index (κ2) is 6.56. The van der Waals surface area contributed by atoms with E-state index in [4.69, 9.17) is 0 Å².